The van der Waals surface area contributed by atoms with E-state index in [9.17, 15) is 4.79 Å². The van der Waals surface area contributed by atoms with Crippen LogP contribution >= 0.6 is 12.6 Å². The van der Waals surface area contributed by atoms with Crippen molar-refractivity contribution >= 4 is 29.9 Å². The third-order valence-electron chi connectivity index (χ3n) is 1.35. The molecule has 0 fully saturated rings. The van der Waals surface area contributed by atoms with Crippen molar-refractivity contribution in [2.45, 2.75) is 11.8 Å². The predicted octanol–water partition coefficient (Wildman–Crippen LogP) is 1.52. The van der Waals surface area contributed by atoms with E-state index in [1.165, 1.54) is 6.92 Å². The van der Waals surface area contributed by atoms with E-state index in [0.29, 0.717) is 11.4 Å². The van der Waals surface area contributed by atoms with Crippen molar-refractivity contribution in [1.29, 1.82) is 0 Å². The van der Waals surface area contributed by atoms with Gasteiger partial charge in [-0.15, -0.1) is 12.6 Å². The summed E-state index contributed by atoms with van der Waals surface area (Å²) in [4.78, 5) is 11.5. The smallest absolute Gasteiger partial charge is 0.221 e. The van der Waals surface area contributed by atoms with Crippen LogP contribution in [0.4, 0.5) is 11.4 Å². The van der Waals surface area contributed by atoms with Crippen LogP contribution in [0.2, 0.25) is 0 Å². The highest BCUT2D eigenvalue weighted by Gasteiger charge is 2.00. The molecule has 0 radical (unpaired) electrons. The molecule has 0 aliphatic carbocycles. The van der Waals surface area contributed by atoms with Crippen molar-refractivity contribution < 1.29 is 4.79 Å². The summed E-state index contributed by atoms with van der Waals surface area (Å²) < 4.78 is 0. The number of anilines is 2. The molecule has 1 aromatic carbocycles. The molecular weight excluding hydrogens is 172 g/mol. The summed E-state index contributed by atoms with van der Waals surface area (Å²) in [7, 11) is 0. The van der Waals surface area contributed by atoms with Gasteiger partial charge in [0.2, 0.25) is 5.91 Å². The zero-order valence-corrected chi connectivity index (χ0v) is 7.56. The molecule has 0 saturated heterocycles. The van der Waals surface area contributed by atoms with Gasteiger partial charge in [0.1, 0.15) is 0 Å². The van der Waals surface area contributed by atoms with Crippen molar-refractivity contribution in [2.75, 3.05) is 11.1 Å². The summed E-state index contributed by atoms with van der Waals surface area (Å²) in [6.45, 7) is 1.44. The van der Waals surface area contributed by atoms with E-state index in [1.807, 2.05) is 0 Å². The van der Waals surface area contributed by atoms with E-state index in [0.717, 1.165) is 4.90 Å². The standard InChI is InChI=1S/C8H10N2OS/c1-5(11)10-8-4-6(12)2-3-7(8)9/h2-4,12H,9H2,1H3,(H,10,11). The van der Waals surface area contributed by atoms with Gasteiger partial charge in [0.25, 0.3) is 0 Å². The zero-order chi connectivity index (χ0) is 9.14. The molecule has 0 spiro atoms. The number of thiol groups is 1. The van der Waals surface area contributed by atoms with Crippen LogP contribution in [-0.2, 0) is 4.79 Å². The molecule has 1 rings (SSSR count). The maximum Gasteiger partial charge on any atom is 0.221 e. The fraction of sp³-hybridized carbons (Fsp3) is 0.125. The summed E-state index contributed by atoms with van der Waals surface area (Å²) in [6.07, 6.45) is 0. The molecular formula is C8H10N2OS. The normalized spacial score (nSPS) is 9.50. The second kappa shape index (κ2) is 3.49. The summed E-state index contributed by atoms with van der Waals surface area (Å²) in [5.74, 6) is -0.138. The second-order valence-electron chi connectivity index (χ2n) is 2.45. The Morgan fingerprint density at radius 1 is 1.58 bits per heavy atom. The molecule has 1 aromatic rings. The second-order valence-corrected chi connectivity index (χ2v) is 2.97. The Hall–Kier alpha value is -1.16. The third kappa shape index (κ3) is 2.17. The van der Waals surface area contributed by atoms with Crippen LogP contribution in [0.25, 0.3) is 0 Å². The van der Waals surface area contributed by atoms with Gasteiger partial charge in [-0.05, 0) is 18.2 Å². The number of rotatable bonds is 1. The summed E-state index contributed by atoms with van der Waals surface area (Å²) >= 11 is 4.12. The third-order valence-corrected chi connectivity index (χ3v) is 1.63. The lowest BCUT2D eigenvalue weighted by molar-refractivity contribution is -0.114. The number of nitrogens with one attached hydrogen (secondary N) is 1. The fourth-order valence-corrected chi connectivity index (χ4v) is 1.05. The van der Waals surface area contributed by atoms with Crippen LogP contribution < -0.4 is 11.1 Å². The van der Waals surface area contributed by atoms with Gasteiger partial charge in [-0.3, -0.25) is 4.79 Å². The Morgan fingerprint density at radius 2 is 2.25 bits per heavy atom. The number of benzene rings is 1. The van der Waals surface area contributed by atoms with E-state index < -0.39 is 0 Å². The molecule has 0 aromatic heterocycles. The molecule has 1 amide bonds. The molecule has 0 atom stereocenters. The van der Waals surface area contributed by atoms with Gasteiger partial charge in [-0.2, -0.15) is 0 Å². The highest BCUT2D eigenvalue weighted by Crippen LogP contribution is 2.21. The zero-order valence-electron chi connectivity index (χ0n) is 6.66. The number of nitrogen functional groups attached to an aromatic ring is 1. The maximum absolute atomic E-state index is 10.7. The number of hydrogen-bond donors (Lipinski definition) is 3. The number of hydrogen-bond acceptors (Lipinski definition) is 3. The molecule has 0 heterocycles. The van der Waals surface area contributed by atoms with Crippen molar-refractivity contribution in [3.05, 3.63) is 18.2 Å². The van der Waals surface area contributed by atoms with E-state index >= 15 is 0 Å². The summed E-state index contributed by atoms with van der Waals surface area (Å²) in [5.41, 5.74) is 6.74. The Balaban J connectivity index is 2.97. The van der Waals surface area contributed by atoms with E-state index in [2.05, 4.69) is 17.9 Å². The first-order valence-electron chi connectivity index (χ1n) is 3.45. The highest BCUT2D eigenvalue weighted by atomic mass is 32.1. The fourth-order valence-electron chi connectivity index (χ4n) is 0.842. The van der Waals surface area contributed by atoms with Crippen molar-refractivity contribution in [3.63, 3.8) is 0 Å². The molecule has 0 aliphatic rings. The first kappa shape index (κ1) is 8.93. The minimum Gasteiger partial charge on any atom is -0.397 e. The predicted molar refractivity (Wildman–Crippen MR) is 52.4 cm³/mol. The van der Waals surface area contributed by atoms with E-state index in [1.54, 1.807) is 18.2 Å². The van der Waals surface area contributed by atoms with E-state index in [-0.39, 0.29) is 5.91 Å². The summed E-state index contributed by atoms with van der Waals surface area (Å²) in [5, 5.41) is 2.60. The lowest BCUT2D eigenvalue weighted by Crippen LogP contribution is -2.07. The van der Waals surface area contributed by atoms with Crippen LogP contribution in [-0.4, -0.2) is 5.91 Å². The Kier molecular flexibility index (Phi) is 2.60. The van der Waals surface area contributed by atoms with Gasteiger partial charge in [0, 0.05) is 11.8 Å². The number of nitrogens with two attached hydrogens (primary N) is 1. The highest BCUT2D eigenvalue weighted by molar-refractivity contribution is 7.80. The van der Waals surface area contributed by atoms with Gasteiger partial charge < -0.3 is 11.1 Å². The number of amides is 1. The topological polar surface area (TPSA) is 55.1 Å². The Labute approximate surface area is 76.4 Å². The van der Waals surface area contributed by atoms with Crippen molar-refractivity contribution in [1.82, 2.24) is 0 Å². The van der Waals surface area contributed by atoms with Crippen LogP contribution in [0.1, 0.15) is 6.92 Å². The molecule has 0 bridgehead atoms. The van der Waals surface area contributed by atoms with Gasteiger partial charge in [-0.1, -0.05) is 0 Å². The van der Waals surface area contributed by atoms with Gasteiger partial charge in [0.15, 0.2) is 0 Å². The van der Waals surface area contributed by atoms with E-state index in [4.69, 9.17) is 5.73 Å². The molecule has 3 N–H and O–H groups in total. The first-order valence-corrected chi connectivity index (χ1v) is 3.90. The lowest BCUT2D eigenvalue weighted by atomic mass is 10.2. The average Bonchev–Trinajstić information content (AvgIpc) is 1.96. The van der Waals surface area contributed by atoms with Gasteiger partial charge in [-0.25, -0.2) is 0 Å². The Bertz CT molecular complexity index is 312. The van der Waals surface area contributed by atoms with Crippen molar-refractivity contribution in [3.8, 4) is 0 Å². The molecule has 0 saturated carbocycles. The number of carbonyl (C=O) groups is 1. The lowest BCUT2D eigenvalue weighted by Gasteiger charge is -2.05. The number of carbonyl (C=O) groups excluding carboxylic acids is 1. The molecule has 3 nitrogen and oxygen atoms in total. The minimum atomic E-state index is -0.138. The van der Waals surface area contributed by atoms with Crippen LogP contribution in [0.3, 0.4) is 0 Å². The van der Waals surface area contributed by atoms with Gasteiger partial charge in [0.05, 0.1) is 11.4 Å². The minimum absolute atomic E-state index is 0.138. The monoisotopic (exact) mass is 182 g/mol. The van der Waals surface area contributed by atoms with Crippen LogP contribution in [0, 0.1) is 0 Å². The Morgan fingerprint density at radius 3 is 2.83 bits per heavy atom. The quantitative estimate of drug-likeness (QED) is 0.455. The van der Waals surface area contributed by atoms with Crippen LogP contribution in [0.5, 0.6) is 0 Å². The molecule has 0 aliphatic heterocycles. The maximum atomic E-state index is 10.7. The largest absolute Gasteiger partial charge is 0.397 e. The van der Waals surface area contributed by atoms with Crippen molar-refractivity contribution in [2.24, 2.45) is 0 Å². The molecule has 4 heteroatoms. The molecule has 12 heavy (non-hydrogen) atoms. The van der Waals surface area contributed by atoms with Crippen LogP contribution in [0.15, 0.2) is 23.1 Å². The molecule has 64 valence electrons. The average molecular weight is 182 g/mol. The summed E-state index contributed by atoms with van der Waals surface area (Å²) in [6, 6.07) is 5.18. The first-order chi connectivity index (χ1) is 5.59. The molecule has 0 unspecified atom stereocenters. The van der Waals surface area contributed by atoms with Gasteiger partial charge >= 0.3 is 0 Å². The SMILES string of the molecule is CC(=O)Nc1cc(S)ccc1N.